The van der Waals surface area contributed by atoms with Crippen molar-refractivity contribution in [2.24, 2.45) is 0 Å². The van der Waals surface area contributed by atoms with Gasteiger partial charge in [-0.1, -0.05) is 11.6 Å². The summed E-state index contributed by atoms with van der Waals surface area (Å²) in [5.41, 5.74) is -0.745. The first kappa shape index (κ1) is 13.6. The summed E-state index contributed by atoms with van der Waals surface area (Å²) in [4.78, 5) is 0. The zero-order chi connectivity index (χ0) is 10.3. The molecule has 2 rings (SSSR count). The largest absolute Gasteiger partial charge is 1.00 e. The summed E-state index contributed by atoms with van der Waals surface area (Å²) in [7, 11) is 0. The van der Waals surface area contributed by atoms with Crippen LogP contribution in [0.2, 0.25) is 5.02 Å². The van der Waals surface area contributed by atoms with Gasteiger partial charge in [0.1, 0.15) is 5.58 Å². The summed E-state index contributed by atoms with van der Waals surface area (Å²) >= 11 is 5.62. The third-order valence-corrected chi connectivity index (χ3v) is 2.06. The Bertz CT molecular complexity index is 482. The van der Waals surface area contributed by atoms with E-state index < -0.39 is 12.6 Å². The summed E-state index contributed by atoms with van der Waals surface area (Å²) < 4.78 is 41.4. The maximum atomic E-state index is 12.3. The van der Waals surface area contributed by atoms with Crippen LogP contribution in [-0.2, 0) is 0 Å². The number of benzene rings is 1. The summed E-state index contributed by atoms with van der Waals surface area (Å²) in [6.07, 6.45) is 0. The van der Waals surface area contributed by atoms with E-state index in [1.54, 1.807) is 0 Å². The van der Waals surface area contributed by atoms with E-state index >= 15 is 0 Å². The molecule has 0 N–H and O–H groups in total. The van der Waals surface area contributed by atoms with E-state index in [1.807, 2.05) is 0 Å². The van der Waals surface area contributed by atoms with Crippen molar-refractivity contribution in [3.05, 3.63) is 29.3 Å². The Balaban J connectivity index is 0.00000112. The van der Waals surface area contributed by atoms with Gasteiger partial charge in [-0.2, -0.15) is 0 Å². The third kappa shape index (κ3) is 3.02. The Labute approximate surface area is 131 Å². The van der Waals surface area contributed by atoms with Crippen molar-refractivity contribution < 1.29 is 68.7 Å². The second kappa shape index (κ2) is 4.81. The summed E-state index contributed by atoms with van der Waals surface area (Å²) in [5, 5.41) is 0.756. The Morgan fingerprint density at radius 2 is 1.80 bits per heavy atom. The smallest absolute Gasteiger partial charge is 0.493 e. The van der Waals surface area contributed by atoms with Crippen molar-refractivity contribution in [1.29, 1.82) is 0 Å². The van der Waals surface area contributed by atoms with Gasteiger partial charge in [0.2, 0.25) is 0 Å². The first-order valence-electron chi connectivity index (χ1n) is 3.86. The molecule has 0 amide bonds. The van der Waals surface area contributed by atoms with Crippen molar-refractivity contribution in [3.63, 3.8) is 0 Å². The minimum atomic E-state index is -5.08. The maximum Gasteiger partial charge on any atom is 1.00 e. The SMILES string of the molecule is F[B-](F)(F)c1cc2cc(Cl)ccc2o1.[K+]. The fourth-order valence-corrected chi connectivity index (χ4v) is 1.38. The maximum absolute atomic E-state index is 12.3. The van der Waals surface area contributed by atoms with E-state index in [2.05, 4.69) is 4.42 Å². The molecule has 2 aromatic rings. The average Bonchev–Trinajstić information content (AvgIpc) is 2.45. The molecule has 0 aliphatic heterocycles. The quantitative estimate of drug-likeness (QED) is 0.664. The van der Waals surface area contributed by atoms with E-state index in [9.17, 15) is 12.9 Å². The number of hydrogen-bond donors (Lipinski definition) is 0. The zero-order valence-electron chi connectivity index (χ0n) is 7.81. The van der Waals surface area contributed by atoms with Gasteiger partial charge in [0.15, 0.2) is 0 Å². The number of furan rings is 1. The molecule has 0 bridgehead atoms. The van der Waals surface area contributed by atoms with Gasteiger partial charge in [-0.05, 0) is 24.3 Å². The minimum Gasteiger partial charge on any atom is -0.493 e. The monoisotopic (exact) mass is 258 g/mol. The van der Waals surface area contributed by atoms with Crippen molar-refractivity contribution in [1.82, 2.24) is 0 Å². The van der Waals surface area contributed by atoms with Gasteiger partial charge in [0.05, 0.1) is 0 Å². The normalized spacial score (nSPS) is 11.5. The van der Waals surface area contributed by atoms with Gasteiger partial charge in [0, 0.05) is 16.1 Å². The Hall–Kier alpha value is 0.541. The first-order valence-corrected chi connectivity index (χ1v) is 4.23. The molecule has 1 aromatic heterocycles. The second-order valence-corrected chi connectivity index (χ2v) is 3.34. The Morgan fingerprint density at radius 3 is 2.40 bits per heavy atom. The molecule has 1 aromatic carbocycles. The second-order valence-electron chi connectivity index (χ2n) is 2.91. The summed E-state index contributed by atoms with van der Waals surface area (Å²) in [5.74, 6) is 0. The van der Waals surface area contributed by atoms with Crippen LogP contribution in [0.25, 0.3) is 11.0 Å². The molecule has 0 spiro atoms. The number of rotatable bonds is 1. The van der Waals surface area contributed by atoms with E-state index in [1.165, 1.54) is 18.2 Å². The molecule has 1 nitrogen and oxygen atoms in total. The molecule has 15 heavy (non-hydrogen) atoms. The first-order chi connectivity index (χ1) is 6.47. The molecular formula is C8H4BClF3KO. The van der Waals surface area contributed by atoms with E-state index in [0.29, 0.717) is 10.4 Å². The van der Waals surface area contributed by atoms with Gasteiger partial charge < -0.3 is 17.4 Å². The van der Waals surface area contributed by atoms with Gasteiger partial charge in [-0.3, -0.25) is 0 Å². The van der Waals surface area contributed by atoms with Gasteiger partial charge in [-0.25, -0.2) is 0 Å². The van der Waals surface area contributed by atoms with E-state index in [-0.39, 0.29) is 57.0 Å². The van der Waals surface area contributed by atoms with Crippen LogP contribution in [0.15, 0.2) is 28.7 Å². The molecule has 0 aliphatic rings. The number of halogens is 4. The van der Waals surface area contributed by atoms with Crippen LogP contribution in [-0.4, -0.2) is 6.98 Å². The molecule has 0 radical (unpaired) electrons. The molecule has 7 heteroatoms. The van der Waals surface area contributed by atoms with E-state index in [4.69, 9.17) is 11.6 Å². The summed E-state index contributed by atoms with van der Waals surface area (Å²) in [6.45, 7) is -5.08. The van der Waals surface area contributed by atoms with Gasteiger partial charge in [-0.15, -0.1) is 0 Å². The number of fused-ring (bicyclic) bond motifs is 1. The molecule has 1 heterocycles. The van der Waals surface area contributed by atoms with Crippen LogP contribution in [0.1, 0.15) is 0 Å². The summed E-state index contributed by atoms with van der Waals surface area (Å²) in [6, 6.07) is 5.30. The van der Waals surface area contributed by atoms with Gasteiger partial charge >= 0.3 is 58.4 Å². The Kier molecular flexibility index (Phi) is 4.36. The molecular weight excluding hydrogens is 254 g/mol. The van der Waals surface area contributed by atoms with Crippen molar-refractivity contribution in [2.75, 3.05) is 0 Å². The van der Waals surface area contributed by atoms with Crippen LogP contribution < -0.4 is 57.0 Å². The molecule has 0 atom stereocenters. The molecule has 0 fully saturated rings. The van der Waals surface area contributed by atoms with Crippen LogP contribution in [0.3, 0.4) is 0 Å². The van der Waals surface area contributed by atoms with Crippen LogP contribution >= 0.6 is 11.6 Å². The topological polar surface area (TPSA) is 13.1 Å². The molecule has 0 aliphatic carbocycles. The van der Waals surface area contributed by atoms with Crippen LogP contribution in [0.4, 0.5) is 12.9 Å². The van der Waals surface area contributed by atoms with E-state index in [0.717, 1.165) is 6.07 Å². The number of hydrogen-bond acceptors (Lipinski definition) is 1. The fourth-order valence-electron chi connectivity index (χ4n) is 1.20. The van der Waals surface area contributed by atoms with Gasteiger partial charge in [0.25, 0.3) is 0 Å². The predicted molar refractivity (Wildman–Crippen MR) is 49.9 cm³/mol. The average molecular weight is 258 g/mol. The zero-order valence-corrected chi connectivity index (χ0v) is 11.7. The molecule has 0 saturated heterocycles. The standard InChI is InChI=1S/C8H4BClF3O.K/c10-6-1-2-7-5(3-6)4-8(14-7)9(11,12)13;/h1-4H;/q-1;+1. The fraction of sp³-hybridized carbons (Fsp3) is 0. The minimum absolute atomic E-state index is 0. The molecule has 74 valence electrons. The molecule has 0 unspecified atom stereocenters. The van der Waals surface area contributed by atoms with Crippen LogP contribution in [0, 0.1) is 0 Å². The predicted octanol–water partition coefficient (Wildman–Crippen LogP) is 0.145. The Morgan fingerprint density at radius 1 is 1.13 bits per heavy atom. The third-order valence-electron chi connectivity index (χ3n) is 1.82. The molecule has 0 saturated carbocycles. The van der Waals surface area contributed by atoms with Crippen LogP contribution in [0.5, 0.6) is 0 Å². The van der Waals surface area contributed by atoms with Crippen molar-refractivity contribution in [2.45, 2.75) is 0 Å². The van der Waals surface area contributed by atoms with Crippen molar-refractivity contribution >= 4 is 35.2 Å². The van der Waals surface area contributed by atoms with Crippen molar-refractivity contribution in [3.8, 4) is 0 Å².